The van der Waals surface area contributed by atoms with Crippen LogP contribution in [0.4, 0.5) is 13.2 Å². The zero-order valence-corrected chi connectivity index (χ0v) is 21.3. The number of hydrogen-bond donors (Lipinski definition) is 1. The molecule has 0 aliphatic heterocycles. The van der Waals surface area contributed by atoms with Crippen LogP contribution in [0.1, 0.15) is 28.7 Å². The van der Waals surface area contributed by atoms with E-state index in [1.165, 1.54) is 20.3 Å². The molecule has 0 fully saturated rings. The van der Waals surface area contributed by atoms with Gasteiger partial charge in [-0.15, -0.1) is 0 Å². The predicted octanol–water partition coefficient (Wildman–Crippen LogP) is 5.36. The van der Waals surface area contributed by atoms with Crippen LogP contribution in [0.5, 0.6) is 5.75 Å². The van der Waals surface area contributed by atoms with E-state index >= 15 is 0 Å². The van der Waals surface area contributed by atoms with E-state index in [1.807, 2.05) is 30.3 Å². The molecule has 0 heterocycles. The highest BCUT2D eigenvalue weighted by molar-refractivity contribution is 5.80. The van der Waals surface area contributed by atoms with Gasteiger partial charge in [0, 0.05) is 25.1 Å². The van der Waals surface area contributed by atoms with Gasteiger partial charge in [0.2, 0.25) is 0 Å². The van der Waals surface area contributed by atoms with E-state index in [0.29, 0.717) is 34.6 Å². The van der Waals surface area contributed by atoms with Crippen molar-refractivity contribution in [3.05, 3.63) is 89.0 Å². The second kappa shape index (κ2) is 13.7. The van der Waals surface area contributed by atoms with Gasteiger partial charge in [-0.1, -0.05) is 42.5 Å². The highest BCUT2D eigenvalue weighted by Gasteiger charge is 2.31. The van der Waals surface area contributed by atoms with E-state index in [0.717, 1.165) is 17.7 Å². The van der Waals surface area contributed by atoms with Gasteiger partial charge in [0.05, 0.1) is 32.8 Å². The van der Waals surface area contributed by atoms with Gasteiger partial charge in [0.15, 0.2) is 5.78 Å². The molecule has 202 valence electrons. The molecule has 0 aliphatic carbocycles. The van der Waals surface area contributed by atoms with Gasteiger partial charge in [-0.3, -0.25) is 9.59 Å². The first kappa shape index (κ1) is 28.9. The standard InChI is InChI=1S/C29H30F3NO5/c1-36-27-11-8-21(15-28(35)37-2)14-26(27)25-10-9-23(29(30,31)32)16-22(25)17-33-13-12-24(34)19-38-18-20-6-4-3-5-7-20/h3-11,14,16,33H,12-13,15,17-19H2,1-2H3. The highest BCUT2D eigenvalue weighted by atomic mass is 19.4. The van der Waals surface area contributed by atoms with E-state index in [1.54, 1.807) is 18.2 Å². The van der Waals surface area contributed by atoms with Crippen molar-refractivity contribution in [2.24, 2.45) is 0 Å². The van der Waals surface area contributed by atoms with Crippen LogP contribution in [0.25, 0.3) is 11.1 Å². The maximum atomic E-state index is 13.5. The van der Waals surface area contributed by atoms with Gasteiger partial charge in [-0.05, 0) is 46.5 Å². The van der Waals surface area contributed by atoms with E-state index in [-0.39, 0.29) is 38.3 Å². The molecule has 0 atom stereocenters. The number of benzene rings is 3. The van der Waals surface area contributed by atoms with Crippen molar-refractivity contribution in [2.45, 2.75) is 32.2 Å². The number of carbonyl (C=O) groups is 2. The smallest absolute Gasteiger partial charge is 0.416 e. The lowest BCUT2D eigenvalue weighted by molar-refractivity contribution is -0.140. The van der Waals surface area contributed by atoms with Crippen molar-refractivity contribution < 1.29 is 37.0 Å². The first-order valence-corrected chi connectivity index (χ1v) is 12.0. The van der Waals surface area contributed by atoms with Crippen LogP contribution in [0.15, 0.2) is 66.7 Å². The number of esters is 1. The van der Waals surface area contributed by atoms with E-state index in [4.69, 9.17) is 14.2 Å². The summed E-state index contributed by atoms with van der Waals surface area (Å²) in [7, 11) is 2.75. The monoisotopic (exact) mass is 529 g/mol. The molecule has 6 nitrogen and oxygen atoms in total. The van der Waals surface area contributed by atoms with Crippen LogP contribution < -0.4 is 10.1 Å². The van der Waals surface area contributed by atoms with Crippen molar-refractivity contribution in [1.82, 2.24) is 5.32 Å². The Bertz CT molecular complexity index is 1230. The number of Topliss-reactive ketones (excluding diaryl/α,β-unsaturated/α-hetero) is 1. The van der Waals surface area contributed by atoms with Crippen LogP contribution in [0.2, 0.25) is 0 Å². The Morgan fingerprint density at radius 1 is 0.895 bits per heavy atom. The summed E-state index contributed by atoms with van der Waals surface area (Å²) in [5, 5.41) is 3.06. The lowest BCUT2D eigenvalue weighted by Crippen LogP contribution is -2.21. The Labute approximate surface area is 219 Å². The number of ether oxygens (including phenoxy) is 3. The number of methoxy groups -OCH3 is 2. The molecule has 0 amide bonds. The second-order valence-corrected chi connectivity index (χ2v) is 8.60. The summed E-state index contributed by atoms with van der Waals surface area (Å²) in [4.78, 5) is 23.9. The molecule has 0 aliphatic rings. The molecular formula is C29H30F3NO5. The Morgan fingerprint density at radius 3 is 2.34 bits per heavy atom. The van der Waals surface area contributed by atoms with Crippen LogP contribution in [0.3, 0.4) is 0 Å². The summed E-state index contributed by atoms with van der Waals surface area (Å²) in [6, 6.07) is 18.0. The lowest BCUT2D eigenvalue weighted by Gasteiger charge is -2.17. The quantitative estimate of drug-likeness (QED) is 0.237. The molecule has 3 aromatic rings. The highest BCUT2D eigenvalue weighted by Crippen LogP contribution is 2.37. The van der Waals surface area contributed by atoms with Crippen molar-refractivity contribution in [2.75, 3.05) is 27.4 Å². The van der Waals surface area contributed by atoms with Crippen LogP contribution in [0, 0.1) is 0 Å². The predicted molar refractivity (Wildman–Crippen MR) is 137 cm³/mol. The Hall–Kier alpha value is -3.69. The number of ketones is 1. The molecule has 0 radical (unpaired) electrons. The summed E-state index contributed by atoms with van der Waals surface area (Å²) in [5.74, 6) is -0.104. The van der Waals surface area contributed by atoms with Crippen LogP contribution >= 0.6 is 0 Å². The van der Waals surface area contributed by atoms with Gasteiger partial charge < -0.3 is 19.5 Å². The van der Waals surface area contributed by atoms with Gasteiger partial charge in [0.25, 0.3) is 0 Å². The summed E-state index contributed by atoms with van der Waals surface area (Å²) in [6.45, 7) is 0.630. The van der Waals surface area contributed by atoms with Crippen molar-refractivity contribution >= 4 is 11.8 Å². The van der Waals surface area contributed by atoms with Crippen molar-refractivity contribution in [3.63, 3.8) is 0 Å². The molecule has 0 saturated carbocycles. The average molecular weight is 530 g/mol. The third-order valence-corrected chi connectivity index (χ3v) is 5.83. The number of rotatable bonds is 13. The molecule has 9 heteroatoms. The first-order valence-electron chi connectivity index (χ1n) is 12.0. The van der Waals surface area contributed by atoms with Gasteiger partial charge in [-0.2, -0.15) is 13.2 Å². The lowest BCUT2D eigenvalue weighted by atomic mass is 9.94. The van der Waals surface area contributed by atoms with Gasteiger partial charge in [-0.25, -0.2) is 0 Å². The minimum absolute atomic E-state index is 0.0101. The Balaban J connectivity index is 1.71. The number of hydrogen-bond acceptors (Lipinski definition) is 6. The maximum Gasteiger partial charge on any atom is 0.416 e. The molecule has 1 N–H and O–H groups in total. The third-order valence-electron chi connectivity index (χ3n) is 5.83. The molecule has 3 aromatic carbocycles. The zero-order valence-electron chi connectivity index (χ0n) is 21.3. The van der Waals surface area contributed by atoms with Gasteiger partial charge >= 0.3 is 12.1 Å². The molecule has 38 heavy (non-hydrogen) atoms. The van der Waals surface area contributed by atoms with Crippen molar-refractivity contribution in [3.8, 4) is 16.9 Å². The number of halogens is 3. The third kappa shape index (κ3) is 8.43. The molecule has 3 rings (SSSR count). The summed E-state index contributed by atoms with van der Waals surface area (Å²) in [5.41, 5.74) is 2.25. The molecular weight excluding hydrogens is 499 g/mol. The molecule has 0 aromatic heterocycles. The fourth-order valence-electron chi connectivity index (χ4n) is 3.87. The zero-order chi connectivity index (χ0) is 27.5. The molecule has 0 saturated heterocycles. The topological polar surface area (TPSA) is 73.9 Å². The summed E-state index contributed by atoms with van der Waals surface area (Å²) in [6.07, 6.45) is -4.34. The fourth-order valence-corrected chi connectivity index (χ4v) is 3.87. The average Bonchev–Trinajstić information content (AvgIpc) is 2.91. The SMILES string of the molecule is COC(=O)Cc1ccc(OC)c(-c2ccc(C(F)(F)F)cc2CNCCC(=O)COCc2ccccc2)c1. The van der Waals surface area contributed by atoms with E-state index in [9.17, 15) is 22.8 Å². The fraction of sp³-hybridized carbons (Fsp3) is 0.310. The minimum Gasteiger partial charge on any atom is -0.496 e. The molecule has 0 unspecified atom stereocenters. The number of carbonyl (C=O) groups excluding carboxylic acids is 2. The first-order chi connectivity index (χ1) is 18.2. The molecule has 0 spiro atoms. The van der Waals surface area contributed by atoms with Crippen LogP contribution in [-0.4, -0.2) is 39.1 Å². The van der Waals surface area contributed by atoms with Crippen LogP contribution in [-0.2, 0) is 44.8 Å². The molecule has 0 bridgehead atoms. The second-order valence-electron chi connectivity index (χ2n) is 8.60. The summed E-state index contributed by atoms with van der Waals surface area (Å²) >= 11 is 0. The summed E-state index contributed by atoms with van der Waals surface area (Å²) < 4.78 is 56.0. The number of alkyl halides is 3. The van der Waals surface area contributed by atoms with Gasteiger partial charge in [0.1, 0.15) is 12.4 Å². The van der Waals surface area contributed by atoms with E-state index < -0.39 is 17.7 Å². The van der Waals surface area contributed by atoms with Crippen molar-refractivity contribution in [1.29, 1.82) is 0 Å². The Kier molecular flexibility index (Phi) is 10.4. The Morgan fingerprint density at radius 2 is 1.66 bits per heavy atom. The minimum atomic E-state index is -4.52. The van der Waals surface area contributed by atoms with E-state index in [2.05, 4.69) is 5.32 Å². The largest absolute Gasteiger partial charge is 0.496 e. The maximum absolute atomic E-state index is 13.5. The normalized spacial score (nSPS) is 11.3. The number of nitrogens with one attached hydrogen (secondary N) is 1.